The van der Waals surface area contributed by atoms with Crippen LogP contribution in [0.15, 0.2) is 41.8 Å². The van der Waals surface area contributed by atoms with E-state index in [1.807, 2.05) is 41.7 Å². The lowest BCUT2D eigenvalue weighted by Gasteiger charge is -2.25. The van der Waals surface area contributed by atoms with Crippen LogP contribution in [-0.4, -0.2) is 17.6 Å². The van der Waals surface area contributed by atoms with Gasteiger partial charge in [0.1, 0.15) is 0 Å². The van der Waals surface area contributed by atoms with Crippen molar-refractivity contribution in [2.75, 3.05) is 6.54 Å². The average molecular weight is 301 g/mol. The minimum Gasteiger partial charge on any atom is -0.481 e. The predicted octanol–water partition coefficient (Wildman–Crippen LogP) is 3.58. The first-order chi connectivity index (χ1) is 10.3. The van der Waals surface area contributed by atoms with Gasteiger partial charge >= 0.3 is 5.97 Å². The molecule has 2 atom stereocenters. The maximum absolute atomic E-state index is 11.5. The fourth-order valence-electron chi connectivity index (χ4n) is 2.99. The Morgan fingerprint density at radius 1 is 1.33 bits per heavy atom. The van der Waals surface area contributed by atoms with Crippen LogP contribution in [-0.2, 0) is 11.2 Å². The van der Waals surface area contributed by atoms with Crippen molar-refractivity contribution in [2.45, 2.75) is 31.2 Å². The standard InChI is InChI=1S/C17H19NO2S/c19-17(20)14(12-5-2-1-3-6-12)11-18-15-7-4-8-16-13(15)9-10-21-16/h1-3,5-6,9-10,14-15,18H,4,7-8,11H2,(H,19,20). The summed E-state index contributed by atoms with van der Waals surface area (Å²) in [4.78, 5) is 13.0. The first kappa shape index (κ1) is 14.3. The second kappa shape index (κ2) is 6.41. The molecular formula is C17H19NO2S. The molecule has 1 aliphatic carbocycles. The van der Waals surface area contributed by atoms with E-state index in [1.54, 1.807) is 0 Å². The Hall–Kier alpha value is -1.65. The van der Waals surface area contributed by atoms with Crippen molar-refractivity contribution in [3.05, 3.63) is 57.8 Å². The lowest BCUT2D eigenvalue weighted by Crippen LogP contribution is -2.31. The van der Waals surface area contributed by atoms with Crippen molar-refractivity contribution in [1.29, 1.82) is 0 Å². The van der Waals surface area contributed by atoms with E-state index in [2.05, 4.69) is 16.8 Å². The van der Waals surface area contributed by atoms with Crippen LogP contribution in [0.5, 0.6) is 0 Å². The summed E-state index contributed by atoms with van der Waals surface area (Å²) < 4.78 is 0. The number of carbonyl (C=O) groups is 1. The molecule has 0 amide bonds. The van der Waals surface area contributed by atoms with Gasteiger partial charge in [-0.2, -0.15) is 0 Å². The van der Waals surface area contributed by atoms with Crippen LogP contribution in [0.4, 0.5) is 0 Å². The molecule has 0 spiro atoms. The first-order valence-corrected chi connectivity index (χ1v) is 8.21. The van der Waals surface area contributed by atoms with Gasteiger partial charge in [-0.15, -0.1) is 11.3 Å². The molecule has 0 fully saturated rings. The first-order valence-electron chi connectivity index (χ1n) is 7.33. The predicted molar refractivity (Wildman–Crippen MR) is 84.8 cm³/mol. The molecule has 3 nitrogen and oxygen atoms in total. The Kier molecular flexibility index (Phi) is 4.36. The third-order valence-electron chi connectivity index (χ3n) is 4.12. The highest BCUT2D eigenvalue weighted by Crippen LogP contribution is 2.33. The summed E-state index contributed by atoms with van der Waals surface area (Å²) in [6, 6.07) is 11.9. The van der Waals surface area contributed by atoms with Gasteiger partial charge in [0.05, 0.1) is 5.92 Å². The van der Waals surface area contributed by atoms with E-state index >= 15 is 0 Å². The Bertz CT molecular complexity index is 608. The van der Waals surface area contributed by atoms with Crippen molar-refractivity contribution in [3.8, 4) is 0 Å². The summed E-state index contributed by atoms with van der Waals surface area (Å²) in [5.74, 6) is -1.26. The lowest BCUT2D eigenvalue weighted by atomic mass is 9.92. The zero-order valence-electron chi connectivity index (χ0n) is 11.8. The molecule has 3 rings (SSSR count). The van der Waals surface area contributed by atoms with Crippen molar-refractivity contribution in [3.63, 3.8) is 0 Å². The second-order valence-electron chi connectivity index (χ2n) is 5.45. The van der Waals surface area contributed by atoms with Crippen LogP contribution < -0.4 is 5.32 Å². The molecule has 2 aromatic rings. The van der Waals surface area contributed by atoms with E-state index in [0.29, 0.717) is 12.6 Å². The smallest absolute Gasteiger partial charge is 0.312 e. The number of benzene rings is 1. The summed E-state index contributed by atoms with van der Waals surface area (Å²) in [5.41, 5.74) is 2.22. The van der Waals surface area contributed by atoms with Crippen LogP contribution in [0.25, 0.3) is 0 Å². The summed E-state index contributed by atoms with van der Waals surface area (Å²) in [6.07, 6.45) is 3.42. The van der Waals surface area contributed by atoms with Crippen molar-refractivity contribution < 1.29 is 9.90 Å². The van der Waals surface area contributed by atoms with E-state index in [-0.39, 0.29) is 0 Å². The van der Waals surface area contributed by atoms with Gasteiger partial charge in [-0.25, -0.2) is 0 Å². The van der Waals surface area contributed by atoms with Crippen LogP contribution in [0.3, 0.4) is 0 Å². The van der Waals surface area contributed by atoms with Gasteiger partial charge in [-0.1, -0.05) is 30.3 Å². The highest BCUT2D eigenvalue weighted by molar-refractivity contribution is 7.10. The molecule has 0 saturated carbocycles. The number of thiophene rings is 1. The largest absolute Gasteiger partial charge is 0.481 e. The SMILES string of the molecule is O=C(O)C(CNC1CCCc2sccc21)c1ccccc1. The third-order valence-corrected chi connectivity index (χ3v) is 5.12. The minimum absolute atomic E-state index is 0.297. The number of nitrogens with one attached hydrogen (secondary N) is 1. The Balaban J connectivity index is 1.70. The summed E-state index contributed by atoms with van der Waals surface area (Å²) >= 11 is 1.81. The molecule has 0 bridgehead atoms. The van der Waals surface area contributed by atoms with Gasteiger partial charge in [-0.05, 0) is 41.8 Å². The number of aryl methyl sites for hydroxylation is 1. The molecule has 1 aromatic heterocycles. The third kappa shape index (κ3) is 3.17. The normalized spacial score (nSPS) is 19.0. The monoisotopic (exact) mass is 301 g/mol. The molecule has 21 heavy (non-hydrogen) atoms. The summed E-state index contributed by atoms with van der Waals surface area (Å²) in [5, 5.41) is 15.1. The van der Waals surface area contributed by atoms with Crippen LogP contribution in [0, 0.1) is 0 Å². The minimum atomic E-state index is -0.768. The number of hydrogen-bond acceptors (Lipinski definition) is 3. The van der Waals surface area contributed by atoms with E-state index in [0.717, 1.165) is 18.4 Å². The molecule has 0 aliphatic heterocycles. The topological polar surface area (TPSA) is 49.3 Å². The lowest BCUT2D eigenvalue weighted by molar-refractivity contribution is -0.138. The van der Waals surface area contributed by atoms with E-state index in [4.69, 9.17) is 0 Å². The summed E-state index contributed by atoms with van der Waals surface area (Å²) in [7, 11) is 0. The van der Waals surface area contributed by atoms with Crippen LogP contribution in [0.1, 0.15) is 40.8 Å². The Morgan fingerprint density at radius 2 is 2.14 bits per heavy atom. The van der Waals surface area contributed by atoms with Crippen molar-refractivity contribution >= 4 is 17.3 Å². The van der Waals surface area contributed by atoms with E-state index in [1.165, 1.54) is 16.9 Å². The molecule has 2 N–H and O–H groups in total. The van der Waals surface area contributed by atoms with Crippen molar-refractivity contribution in [1.82, 2.24) is 5.32 Å². The zero-order chi connectivity index (χ0) is 14.7. The van der Waals surface area contributed by atoms with Gasteiger partial charge in [0.2, 0.25) is 0 Å². The molecule has 1 aliphatic rings. The number of aliphatic carboxylic acids is 1. The fourth-order valence-corrected chi connectivity index (χ4v) is 3.98. The molecule has 2 unspecified atom stereocenters. The number of carboxylic acids is 1. The highest BCUT2D eigenvalue weighted by atomic mass is 32.1. The molecule has 0 radical (unpaired) electrons. The molecule has 1 aromatic carbocycles. The maximum Gasteiger partial charge on any atom is 0.312 e. The number of hydrogen-bond donors (Lipinski definition) is 2. The Labute approximate surface area is 128 Å². The molecule has 110 valence electrons. The maximum atomic E-state index is 11.5. The molecular weight excluding hydrogens is 282 g/mol. The fraction of sp³-hybridized carbons (Fsp3) is 0.353. The van der Waals surface area contributed by atoms with Gasteiger partial charge in [0, 0.05) is 17.5 Å². The van der Waals surface area contributed by atoms with Gasteiger partial charge in [0.25, 0.3) is 0 Å². The second-order valence-corrected chi connectivity index (χ2v) is 6.45. The number of rotatable bonds is 5. The number of carboxylic acid groups (broad SMARTS) is 1. The number of fused-ring (bicyclic) bond motifs is 1. The summed E-state index contributed by atoms with van der Waals surface area (Å²) in [6.45, 7) is 0.472. The van der Waals surface area contributed by atoms with E-state index in [9.17, 15) is 9.90 Å². The van der Waals surface area contributed by atoms with Gasteiger partial charge in [-0.3, -0.25) is 4.79 Å². The average Bonchev–Trinajstić information content (AvgIpc) is 2.97. The van der Waals surface area contributed by atoms with Gasteiger partial charge in [0.15, 0.2) is 0 Å². The molecule has 0 saturated heterocycles. The van der Waals surface area contributed by atoms with Crippen LogP contribution >= 0.6 is 11.3 Å². The highest BCUT2D eigenvalue weighted by Gasteiger charge is 2.24. The molecule has 1 heterocycles. The van der Waals surface area contributed by atoms with Crippen molar-refractivity contribution in [2.24, 2.45) is 0 Å². The quantitative estimate of drug-likeness (QED) is 0.887. The van der Waals surface area contributed by atoms with Gasteiger partial charge < -0.3 is 10.4 Å². The van der Waals surface area contributed by atoms with Crippen LogP contribution in [0.2, 0.25) is 0 Å². The van der Waals surface area contributed by atoms with E-state index < -0.39 is 11.9 Å². The zero-order valence-corrected chi connectivity index (χ0v) is 12.6. The molecule has 4 heteroatoms. The Morgan fingerprint density at radius 3 is 2.90 bits per heavy atom.